The molecule has 0 bridgehead atoms. The molecule has 7 heteroatoms. The highest BCUT2D eigenvalue weighted by Gasteiger charge is 2.16. The number of hydrogen-bond donors (Lipinski definition) is 1. The zero-order valence-corrected chi connectivity index (χ0v) is 15.3. The fourth-order valence-electron chi connectivity index (χ4n) is 3.36. The van der Waals surface area contributed by atoms with E-state index in [0.717, 1.165) is 49.2 Å². The van der Waals surface area contributed by atoms with Crippen LogP contribution in [0.3, 0.4) is 0 Å². The van der Waals surface area contributed by atoms with Crippen LogP contribution >= 0.6 is 0 Å². The third-order valence-corrected chi connectivity index (χ3v) is 4.84. The maximum atomic E-state index is 13.9. The number of halogens is 1. The van der Waals surface area contributed by atoms with E-state index in [0.29, 0.717) is 17.0 Å². The van der Waals surface area contributed by atoms with E-state index in [1.807, 2.05) is 19.1 Å². The van der Waals surface area contributed by atoms with E-state index in [1.165, 1.54) is 12.1 Å². The van der Waals surface area contributed by atoms with Crippen LogP contribution in [0.25, 0.3) is 22.6 Å². The van der Waals surface area contributed by atoms with Crippen molar-refractivity contribution in [2.45, 2.75) is 6.92 Å². The highest BCUT2D eigenvalue weighted by molar-refractivity contribution is 5.88. The van der Waals surface area contributed by atoms with E-state index in [2.05, 4.69) is 16.1 Å². The first-order chi connectivity index (χ1) is 13.5. The Morgan fingerprint density at radius 3 is 2.54 bits per heavy atom. The number of rotatable bonds is 4. The minimum absolute atomic E-state index is 0.373. The lowest BCUT2D eigenvalue weighted by atomic mass is 10.0. The molecule has 1 fully saturated rings. The van der Waals surface area contributed by atoms with E-state index < -0.39 is 11.8 Å². The molecule has 1 saturated heterocycles. The number of benzene rings is 2. The normalized spacial score (nSPS) is 14.3. The maximum absolute atomic E-state index is 13.9. The van der Waals surface area contributed by atoms with Crippen molar-refractivity contribution in [3.63, 3.8) is 0 Å². The van der Waals surface area contributed by atoms with Gasteiger partial charge in [-0.25, -0.2) is 9.18 Å². The molecule has 2 aromatic carbocycles. The van der Waals surface area contributed by atoms with Crippen LogP contribution in [0.4, 0.5) is 10.1 Å². The van der Waals surface area contributed by atoms with Gasteiger partial charge in [0.1, 0.15) is 11.5 Å². The summed E-state index contributed by atoms with van der Waals surface area (Å²) in [5.74, 6) is -1.55. The smallest absolute Gasteiger partial charge is 0.338 e. The van der Waals surface area contributed by atoms with Crippen LogP contribution in [0.2, 0.25) is 0 Å². The molecule has 0 radical (unpaired) electrons. The van der Waals surface area contributed by atoms with Gasteiger partial charge in [-0.1, -0.05) is 11.2 Å². The summed E-state index contributed by atoms with van der Waals surface area (Å²) in [6.07, 6.45) is 0. The molecule has 0 atom stereocenters. The summed E-state index contributed by atoms with van der Waals surface area (Å²) in [5, 5.41) is 12.9. The van der Waals surface area contributed by atoms with Gasteiger partial charge in [-0.15, -0.1) is 0 Å². The van der Waals surface area contributed by atoms with Crippen molar-refractivity contribution in [2.24, 2.45) is 0 Å². The van der Waals surface area contributed by atoms with Gasteiger partial charge in [-0.3, -0.25) is 0 Å². The molecule has 144 valence electrons. The highest BCUT2D eigenvalue weighted by Crippen LogP contribution is 2.30. The standard InChI is InChI=1S/C21H19FN2O4/c1-13-10-15(3-5-19(13)24-6-8-27-9-7-24)20-12-18(23-28-20)14-2-4-16(21(25)26)17(22)11-14/h2-5,10-12H,6-9H2,1H3,(H,25,26). The summed E-state index contributed by atoms with van der Waals surface area (Å²) in [4.78, 5) is 13.2. The van der Waals surface area contributed by atoms with E-state index in [9.17, 15) is 9.18 Å². The first-order valence-corrected chi connectivity index (χ1v) is 8.96. The lowest BCUT2D eigenvalue weighted by Gasteiger charge is -2.30. The van der Waals surface area contributed by atoms with Crippen LogP contribution in [0.15, 0.2) is 47.0 Å². The van der Waals surface area contributed by atoms with Crippen molar-refractivity contribution in [1.29, 1.82) is 0 Å². The Bertz CT molecular complexity index is 1020. The molecule has 0 spiro atoms. The van der Waals surface area contributed by atoms with E-state index in [1.54, 1.807) is 6.07 Å². The quantitative estimate of drug-likeness (QED) is 0.735. The van der Waals surface area contributed by atoms with E-state index in [-0.39, 0.29) is 5.56 Å². The Morgan fingerprint density at radius 1 is 1.11 bits per heavy atom. The summed E-state index contributed by atoms with van der Waals surface area (Å²) in [7, 11) is 0. The van der Waals surface area contributed by atoms with Crippen LogP contribution < -0.4 is 4.90 Å². The van der Waals surface area contributed by atoms with Gasteiger partial charge >= 0.3 is 5.97 Å². The van der Waals surface area contributed by atoms with E-state index in [4.69, 9.17) is 14.4 Å². The maximum Gasteiger partial charge on any atom is 0.338 e. The molecular weight excluding hydrogens is 363 g/mol. The molecule has 1 N–H and O–H groups in total. The number of aromatic nitrogens is 1. The van der Waals surface area contributed by atoms with Crippen molar-refractivity contribution in [2.75, 3.05) is 31.2 Å². The fourth-order valence-corrected chi connectivity index (χ4v) is 3.36. The number of carboxylic acids is 1. The van der Waals surface area contributed by atoms with E-state index >= 15 is 0 Å². The first-order valence-electron chi connectivity index (χ1n) is 8.96. The number of aromatic carboxylic acids is 1. The number of aryl methyl sites for hydroxylation is 1. The van der Waals surface area contributed by atoms with Gasteiger partial charge in [0.15, 0.2) is 5.76 Å². The Hall–Kier alpha value is -3.19. The molecule has 1 aromatic heterocycles. The van der Waals surface area contributed by atoms with Gasteiger partial charge in [-0.2, -0.15) is 0 Å². The number of carbonyl (C=O) groups is 1. The number of hydrogen-bond acceptors (Lipinski definition) is 5. The molecule has 1 aliphatic rings. The molecule has 0 amide bonds. The minimum atomic E-state index is -1.30. The molecule has 0 aliphatic carbocycles. The SMILES string of the molecule is Cc1cc(-c2cc(-c3ccc(C(=O)O)c(F)c3)no2)ccc1N1CCOCC1. The lowest BCUT2D eigenvalue weighted by molar-refractivity contribution is 0.0692. The van der Waals surface area contributed by atoms with Crippen molar-refractivity contribution >= 4 is 11.7 Å². The Balaban J connectivity index is 1.60. The van der Waals surface area contributed by atoms with Gasteiger partial charge < -0.3 is 19.3 Å². The number of anilines is 1. The average Bonchev–Trinajstić information content (AvgIpc) is 3.18. The second-order valence-corrected chi connectivity index (χ2v) is 6.68. The summed E-state index contributed by atoms with van der Waals surface area (Å²) >= 11 is 0. The molecule has 3 aromatic rings. The van der Waals surface area contributed by atoms with Crippen molar-refractivity contribution in [3.8, 4) is 22.6 Å². The van der Waals surface area contributed by atoms with Crippen molar-refractivity contribution < 1.29 is 23.6 Å². The monoisotopic (exact) mass is 382 g/mol. The second kappa shape index (κ2) is 7.44. The first kappa shape index (κ1) is 18.2. The molecule has 4 rings (SSSR count). The van der Waals surface area contributed by atoms with Crippen LogP contribution in [0, 0.1) is 12.7 Å². The number of nitrogens with zero attached hydrogens (tertiary/aromatic N) is 2. The lowest BCUT2D eigenvalue weighted by Crippen LogP contribution is -2.36. The molecular formula is C21H19FN2O4. The zero-order chi connectivity index (χ0) is 19.7. The van der Waals surface area contributed by atoms with Gasteiger partial charge in [0.25, 0.3) is 0 Å². The summed E-state index contributed by atoms with van der Waals surface area (Å²) in [6.45, 7) is 5.23. The Labute approximate surface area is 161 Å². The number of carboxylic acid groups (broad SMARTS) is 1. The largest absolute Gasteiger partial charge is 0.478 e. The molecule has 6 nitrogen and oxygen atoms in total. The summed E-state index contributed by atoms with van der Waals surface area (Å²) in [6, 6.07) is 11.7. The summed E-state index contributed by atoms with van der Waals surface area (Å²) < 4.78 is 24.8. The topological polar surface area (TPSA) is 75.8 Å². The van der Waals surface area contributed by atoms with Gasteiger partial charge in [0, 0.05) is 36.0 Å². The van der Waals surface area contributed by atoms with Crippen LogP contribution in [0.1, 0.15) is 15.9 Å². The Kier molecular flexibility index (Phi) is 4.83. The van der Waals surface area contributed by atoms with Gasteiger partial charge in [0.05, 0.1) is 18.8 Å². The van der Waals surface area contributed by atoms with Gasteiger partial charge in [0.2, 0.25) is 0 Å². The van der Waals surface area contributed by atoms with Crippen molar-refractivity contribution in [1.82, 2.24) is 5.16 Å². The van der Waals surface area contributed by atoms with Crippen molar-refractivity contribution in [3.05, 3.63) is 59.4 Å². The van der Waals surface area contributed by atoms with Crippen LogP contribution in [0.5, 0.6) is 0 Å². The predicted molar refractivity (Wildman–Crippen MR) is 102 cm³/mol. The second-order valence-electron chi connectivity index (χ2n) is 6.68. The fraction of sp³-hybridized carbons (Fsp3) is 0.238. The van der Waals surface area contributed by atoms with Crippen LogP contribution in [-0.2, 0) is 4.74 Å². The average molecular weight is 382 g/mol. The molecule has 2 heterocycles. The third-order valence-electron chi connectivity index (χ3n) is 4.84. The van der Waals surface area contributed by atoms with Gasteiger partial charge in [-0.05, 0) is 42.8 Å². The number of morpholine rings is 1. The predicted octanol–water partition coefficient (Wildman–Crippen LogP) is 3.99. The number of ether oxygens (including phenoxy) is 1. The molecule has 0 saturated carbocycles. The third kappa shape index (κ3) is 3.48. The molecule has 28 heavy (non-hydrogen) atoms. The molecule has 1 aliphatic heterocycles. The minimum Gasteiger partial charge on any atom is -0.478 e. The Morgan fingerprint density at radius 2 is 1.86 bits per heavy atom. The molecule has 0 unspecified atom stereocenters. The summed E-state index contributed by atoms with van der Waals surface area (Å²) in [5.41, 5.74) is 3.69. The van der Waals surface area contributed by atoms with Crippen LogP contribution in [-0.4, -0.2) is 42.5 Å². The zero-order valence-electron chi connectivity index (χ0n) is 15.3. The highest BCUT2D eigenvalue weighted by atomic mass is 19.1.